The number of nitrogens with zero attached hydrogens (tertiary/aromatic N) is 4. The first-order valence-electron chi connectivity index (χ1n) is 8.85. The van der Waals surface area contributed by atoms with Crippen LogP contribution in [-0.2, 0) is 24.3 Å². The molecule has 1 saturated carbocycles. The Morgan fingerprint density at radius 2 is 2.04 bits per heavy atom. The zero-order valence-electron chi connectivity index (χ0n) is 14.6. The molecule has 2 heterocycles. The van der Waals surface area contributed by atoms with Crippen molar-refractivity contribution in [2.24, 2.45) is 5.92 Å². The molecule has 0 bridgehead atoms. The van der Waals surface area contributed by atoms with Gasteiger partial charge in [-0.2, -0.15) is 0 Å². The highest BCUT2D eigenvalue weighted by Gasteiger charge is 2.46. The second-order valence-corrected chi connectivity index (χ2v) is 7.09. The van der Waals surface area contributed by atoms with Gasteiger partial charge in [0, 0.05) is 25.4 Å². The Labute approximate surface area is 142 Å². The molecule has 1 amide bonds. The van der Waals surface area contributed by atoms with E-state index in [2.05, 4.69) is 53.7 Å². The Kier molecular flexibility index (Phi) is 3.66. The van der Waals surface area contributed by atoms with E-state index in [-0.39, 0.29) is 11.8 Å². The van der Waals surface area contributed by atoms with Crippen molar-refractivity contribution in [3.8, 4) is 0 Å². The summed E-state index contributed by atoms with van der Waals surface area (Å²) in [4.78, 5) is 14.8. The van der Waals surface area contributed by atoms with Gasteiger partial charge in [0.1, 0.15) is 5.82 Å². The fourth-order valence-corrected chi connectivity index (χ4v) is 3.73. The molecule has 5 nitrogen and oxygen atoms in total. The van der Waals surface area contributed by atoms with Crippen LogP contribution in [0.5, 0.6) is 0 Å². The van der Waals surface area contributed by atoms with E-state index in [1.807, 2.05) is 4.90 Å². The summed E-state index contributed by atoms with van der Waals surface area (Å²) in [5.41, 5.74) is 3.93. The average molecular weight is 324 g/mol. The summed E-state index contributed by atoms with van der Waals surface area (Å²) < 4.78 is 2.16. The lowest BCUT2D eigenvalue weighted by Crippen LogP contribution is -2.39. The van der Waals surface area contributed by atoms with Crippen molar-refractivity contribution < 1.29 is 4.79 Å². The van der Waals surface area contributed by atoms with Gasteiger partial charge in [-0.05, 0) is 42.9 Å². The molecule has 1 aromatic heterocycles. The summed E-state index contributed by atoms with van der Waals surface area (Å²) >= 11 is 0. The third kappa shape index (κ3) is 2.52. The second kappa shape index (κ2) is 5.72. The van der Waals surface area contributed by atoms with Crippen LogP contribution < -0.4 is 0 Å². The van der Waals surface area contributed by atoms with Gasteiger partial charge < -0.3 is 9.47 Å². The number of aryl methyl sites for hydroxylation is 3. The zero-order valence-corrected chi connectivity index (χ0v) is 14.6. The molecule has 2 aliphatic rings. The standard InChI is InChI=1S/C19H24N4O/c1-4-17-20-21-18-11-22(7-8-23(17)18)19(24)16-10-15(16)14-6-5-12(2)13(3)9-14/h5-6,9,15-16H,4,7-8,10-11H2,1-3H3/t15-,16-/m1/s1. The molecule has 126 valence electrons. The van der Waals surface area contributed by atoms with Gasteiger partial charge in [0.05, 0.1) is 6.54 Å². The highest BCUT2D eigenvalue weighted by atomic mass is 16.2. The van der Waals surface area contributed by atoms with Crippen LogP contribution >= 0.6 is 0 Å². The highest BCUT2D eigenvalue weighted by molar-refractivity contribution is 5.83. The summed E-state index contributed by atoms with van der Waals surface area (Å²) in [5.74, 6) is 2.77. The third-order valence-corrected chi connectivity index (χ3v) is 5.52. The molecule has 1 aliphatic heterocycles. The van der Waals surface area contributed by atoms with E-state index in [0.29, 0.717) is 12.5 Å². The molecule has 0 saturated heterocycles. The molecule has 1 fully saturated rings. The van der Waals surface area contributed by atoms with Crippen molar-refractivity contribution in [3.63, 3.8) is 0 Å². The van der Waals surface area contributed by atoms with Crippen LogP contribution in [0.3, 0.4) is 0 Å². The van der Waals surface area contributed by atoms with Gasteiger partial charge in [-0.25, -0.2) is 0 Å². The lowest BCUT2D eigenvalue weighted by molar-refractivity contribution is -0.134. The second-order valence-electron chi connectivity index (χ2n) is 7.09. The first-order valence-corrected chi connectivity index (χ1v) is 8.85. The number of aromatic nitrogens is 3. The molecule has 4 rings (SSSR count). The molecular formula is C19H24N4O. The minimum Gasteiger partial charge on any atom is -0.333 e. The van der Waals surface area contributed by atoms with Gasteiger partial charge in [-0.1, -0.05) is 25.1 Å². The van der Waals surface area contributed by atoms with E-state index < -0.39 is 0 Å². The Morgan fingerprint density at radius 1 is 1.21 bits per heavy atom. The predicted molar refractivity (Wildman–Crippen MR) is 91.6 cm³/mol. The molecule has 0 N–H and O–H groups in total. The minimum atomic E-state index is 0.146. The molecule has 24 heavy (non-hydrogen) atoms. The number of hydrogen-bond donors (Lipinski definition) is 0. The number of benzene rings is 1. The fraction of sp³-hybridized carbons (Fsp3) is 0.526. The molecule has 0 radical (unpaired) electrons. The van der Waals surface area contributed by atoms with E-state index in [1.54, 1.807) is 0 Å². The van der Waals surface area contributed by atoms with Gasteiger partial charge in [-0.15, -0.1) is 10.2 Å². The molecule has 0 spiro atoms. The van der Waals surface area contributed by atoms with E-state index in [0.717, 1.165) is 37.6 Å². The topological polar surface area (TPSA) is 51.0 Å². The summed E-state index contributed by atoms with van der Waals surface area (Å²) in [6.45, 7) is 8.55. The third-order valence-electron chi connectivity index (χ3n) is 5.52. The molecule has 0 unspecified atom stereocenters. The lowest BCUT2D eigenvalue weighted by atomic mass is 10.0. The van der Waals surface area contributed by atoms with Crippen LogP contribution in [-0.4, -0.2) is 32.1 Å². The predicted octanol–water partition coefficient (Wildman–Crippen LogP) is 2.60. The van der Waals surface area contributed by atoms with Crippen LogP contribution in [0, 0.1) is 19.8 Å². The Morgan fingerprint density at radius 3 is 2.79 bits per heavy atom. The Bertz CT molecular complexity index is 795. The molecule has 5 heteroatoms. The van der Waals surface area contributed by atoms with Crippen LogP contribution in [0.1, 0.15) is 47.6 Å². The SMILES string of the molecule is CCc1nnc2n1CCN(C(=O)[C@@H]1C[C@@H]1c1ccc(C)c(C)c1)C2. The van der Waals surface area contributed by atoms with Crippen molar-refractivity contribution >= 4 is 5.91 Å². The zero-order chi connectivity index (χ0) is 16.8. The molecule has 2 aromatic rings. The van der Waals surface area contributed by atoms with Gasteiger partial charge in [-0.3, -0.25) is 4.79 Å². The maximum absolute atomic E-state index is 12.9. The number of fused-ring (bicyclic) bond motifs is 1. The molecule has 1 aliphatic carbocycles. The molecule has 2 atom stereocenters. The van der Waals surface area contributed by atoms with Crippen molar-refractivity contribution in [1.82, 2.24) is 19.7 Å². The van der Waals surface area contributed by atoms with Crippen molar-refractivity contribution in [2.75, 3.05) is 6.54 Å². The summed E-state index contributed by atoms with van der Waals surface area (Å²) in [5, 5.41) is 8.48. The highest BCUT2D eigenvalue weighted by Crippen LogP contribution is 2.49. The van der Waals surface area contributed by atoms with Crippen molar-refractivity contribution in [3.05, 3.63) is 46.5 Å². The van der Waals surface area contributed by atoms with Gasteiger partial charge in [0.15, 0.2) is 5.82 Å². The van der Waals surface area contributed by atoms with Gasteiger partial charge >= 0.3 is 0 Å². The maximum atomic E-state index is 12.9. The smallest absolute Gasteiger partial charge is 0.226 e. The van der Waals surface area contributed by atoms with E-state index in [9.17, 15) is 4.79 Å². The number of amides is 1. The van der Waals surface area contributed by atoms with Crippen molar-refractivity contribution in [2.45, 2.75) is 52.6 Å². The normalized spacial score (nSPS) is 22.4. The largest absolute Gasteiger partial charge is 0.333 e. The number of carbonyl (C=O) groups excluding carboxylic acids is 1. The Balaban J connectivity index is 1.45. The average Bonchev–Trinajstić information content (AvgIpc) is 3.28. The Hall–Kier alpha value is -2.17. The van der Waals surface area contributed by atoms with Crippen LogP contribution in [0.25, 0.3) is 0 Å². The first-order chi connectivity index (χ1) is 11.6. The molecule has 1 aromatic carbocycles. The summed E-state index contributed by atoms with van der Waals surface area (Å²) in [6, 6.07) is 6.59. The summed E-state index contributed by atoms with van der Waals surface area (Å²) in [6.07, 6.45) is 1.86. The van der Waals surface area contributed by atoms with Crippen LogP contribution in [0.4, 0.5) is 0 Å². The number of rotatable bonds is 3. The van der Waals surface area contributed by atoms with Crippen LogP contribution in [0.2, 0.25) is 0 Å². The minimum absolute atomic E-state index is 0.146. The van der Waals surface area contributed by atoms with E-state index in [4.69, 9.17) is 0 Å². The number of carbonyl (C=O) groups is 1. The van der Waals surface area contributed by atoms with E-state index >= 15 is 0 Å². The lowest BCUT2D eigenvalue weighted by Gasteiger charge is -2.28. The summed E-state index contributed by atoms with van der Waals surface area (Å²) in [7, 11) is 0. The van der Waals surface area contributed by atoms with Crippen LogP contribution in [0.15, 0.2) is 18.2 Å². The quantitative estimate of drug-likeness (QED) is 0.872. The van der Waals surface area contributed by atoms with Gasteiger partial charge in [0.2, 0.25) is 5.91 Å². The van der Waals surface area contributed by atoms with Gasteiger partial charge in [0.25, 0.3) is 0 Å². The first kappa shape index (κ1) is 15.4. The maximum Gasteiger partial charge on any atom is 0.226 e. The monoisotopic (exact) mass is 324 g/mol. The number of hydrogen-bond acceptors (Lipinski definition) is 3. The van der Waals surface area contributed by atoms with E-state index in [1.165, 1.54) is 16.7 Å². The van der Waals surface area contributed by atoms with Crippen molar-refractivity contribution in [1.29, 1.82) is 0 Å². The fourth-order valence-electron chi connectivity index (χ4n) is 3.73. The molecular weight excluding hydrogens is 300 g/mol.